The van der Waals surface area contributed by atoms with E-state index in [-0.39, 0.29) is 4.90 Å². The fourth-order valence-electron chi connectivity index (χ4n) is 1.68. The minimum Gasteiger partial charge on any atom is -0.467 e. The van der Waals surface area contributed by atoms with Crippen molar-refractivity contribution < 1.29 is 26.0 Å². The summed E-state index contributed by atoms with van der Waals surface area (Å²) in [7, 11) is -4.32. The maximum Gasteiger partial charge on any atom is 0.411 e. The van der Waals surface area contributed by atoms with Crippen molar-refractivity contribution in [3.63, 3.8) is 0 Å². The van der Waals surface area contributed by atoms with Crippen LogP contribution >= 0.6 is 0 Å². The standard InChI is InChI=1S/C13H12F3NO3S/c1-9-4-6-10(7-5-9)21(18,19)17-12(13(14,15)16)11-3-2-8-20-11/h2-8,12,17H,1H3/t12-/m0/s1. The van der Waals surface area contributed by atoms with Gasteiger partial charge in [0.2, 0.25) is 10.0 Å². The number of sulfonamides is 1. The molecule has 8 heteroatoms. The molecule has 0 amide bonds. The first-order chi connectivity index (χ1) is 9.70. The van der Waals surface area contributed by atoms with Gasteiger partial charge in [0.25, 0.3) is 0 Å². The van der Waals surface area contributed by atoms with Crippen molar-refractivity contribution in [2.24, 2.45) is 0 Å². The van der Waals surface area contributed by atoms with Crippen LogP contribution in [0.25, 0.3) is 0 Å². The molecule has 0 aliphatic carbocycles. The number of hydrogen-bond acceptors (Lipinski definition) is 3. The second-order valence-corrected chi connectivity index (χ2v) is 6.14. The first kappa shape index (κ1) is 15.6. The van der Waals surface area contributed by atoms with Gasteiger partial charge in [0, 0.05) is 0 Å². The third-order valence-corrected chi connectivity index (χ3v) is 4.20. The maximum absolute atomic E-state index is 13.0. The van der Waals surface area contributed by atoms with Gasteiger partial charge in [-0.3, -0.25) is 0 Å². The van der Waals surface area contributed by atoms with Crippen LogP contribution in [0.1, 0.15) is 17.4 Å². The van der Waals surface area contributed by atoms with Gasteiger partial charge < -0.3 is 4.42 Å². The van der Waals surface area contributed by atoms with E-state index in [9.17, 15) is 21.6 Å². The Hall–Kier alpha value is -1.80. The van der Waals surface area contributed by atoms with Crippen LogP contribution in [0.15, 0.2) is 52.0 Å². The predicted octanol–water partition coefficient (Wildman–Crippen LogP) is 3.17. The summed E-state index contributed by atoms with van der Waals surface area (Å²) >= 11 is 0. The minimum absolute atomic E-state index is 0.242. The molecule has 1 aromatic carbocycles. The van der Waals surface area contributed by atoms with E-state index in [2.05, 4.69) is 4.42 Å². The Morgan fingerprint density at radius 3 is 2.24 bits per heavy atom. The highest BCUT2D eigenvalue weighted by Gasteiger charge is 2.45. The molecule has 0 bridgehead atoms. The van der Waals surface area contributed by atoms with Crippen molar-refractivity contribution in [3.05, 3.63) is 54.0 Å². The number of aryl methyl sites for hydroxylation is 1. The van der Waals surface area contributed by atoms with E-state index in [0.29, 0.717) is 0 Å². The molecule has 0 unspecified atom stereocenters. The summed E-state index contributed by atoms with van der Waals surface area (Å²) < 4.78 is 69.4. The van der Waals surface area contributed by atoms with Crippen LogP contribution in [-0.2, 0) is 10.0 Å². The van der Waals surface area contributed by atoms with Crippen LogP contribution in [0, 0.1) is 6.92 Å². The van der Waals surface area contributed by atoms with Gasteiger partial charge in [0.1, 0.15) is 5.76 Å². The minimum atomic E-state index is -4.81. The van der Waals surface area contributed by atoms with Gasteiger partial charge in [-0.25, -0.2) is 8.42 Å². The number of hydrogen-bond donors (Lipinski definition) is 1. The summed E-state index contributed by atoms with van der Waals surface area (Å²) in [6.45, 7) is 1.74. The van der Waals surface area contributed by atoms with Crippen LogP contribution < -0.4 is 4.72 Å². The van der Waals surface area contributed by atoms with E-state index in [1.165, 1.54) is 30.3 Å². The topological polar surface area (TPSA) is 59.3 Å². The quantitative estimate of drug-likeness (QED) is 0.941. The Morgan fingerprint density at radius 2 is 1.76 bits per heavy atom. The molecule has 114 valence electrons. The molecule has 0 radical (unpaired) electrons. The summed E-state index contributed by atoms with van der Waals surface area (Å²) in [6.07, 6.45) is -3.76. The number of rotatable bonds is 4. The molecular weight excluding hydrogens is 307 g/mol. The third-order valence-electron chi connectivity index (χ3n) is 2.76. The molecule has 4 nitrogen and oxygen atoms in total. The molecule has 0 fully saturated rings. The van der Waals surface area contributed by atoms with E-state index >= 15 is 0 Å². The van der Waals surface area contributed by atoms with E-state index in [4.69, 9.17) is 0 Å². The Balaban J connectivity index is 2.34. The van der Waals surface area contributed by atoms with Gasteiger partial charge in [-0.05, 0) is 31.2 Å². The monoisotopic (exact) mass is 319 g/mol. The molecule has 0 aliphatic heterocycles. The largest absolute Gasteiger partial charge is 0.467 e. The molecule has 2 aromatic rings. The molecule has 2 rings (SSSR count). The number of benzene rings is 1. The molecule has 1 atom stereocenters. The highest BCUT2D eigenvalue weighted by molar-refractivity contribution is 7.89. The third kappa shape index (κ3) is 3.64. The predicted molar refractivity (Wildman–Crippen MR) is 69.0 cm³/mol. The van der Waals surface area contributed by atoms with E-state index in [1.807, 2.05) is 0 Å². The van der Waals surface area contributed by atoms with Crippen LogP contribution in [0.5, 0.6) is 0 Å². The first-order valence-corrected chi connectivity index (χ1v) is 7.37. The molecule has 0 aliphatic rings. The number of furan rings is 1. The molecule has 1 heterocycles. The van der Waals surface area contributed by atoms with Crippen molar-refractivity contribution in [2.75, 3.05) is 0 Å². The zero-order chi connectivity index (χ0) is 15.7. The van der Waals surface area contributed by atoms with Crippen LogP contribution in [0.4, 0.5) is 13.2 Å². The number of alkyl halides is 3. The van der Waals surface area contributed by atoms with Crippen LogP contribution in [0.3, 0.4) is 0 Å². The molecule has 1 N–H and O–H groups in total. The van der Waals surface area contributed by atoms with E-state index in [0.717, 1.165) is 17.9 Å². The molecule has 21 heavy (non-hydrogen) atoms. The van der Waals surface area contributed by atoms with Crippen molar-refractivity contribution in [1.82, 2.24) is 4.72 Å². The second kappa shape index (κ2) is 5.53. The summed E-state index contributed by atoms with van der Waals surface area (Å²) in [5.41, 5.74) is 0.798. The normalized spacial score (nSPS) is 14.1. The van der Waals surface area contributed by atoms with Crippen molar-refractivity contribution in [2.45, 2.75) is 24.0 Å². The molecular formula is C13H12F3NO3S. The number of halogens is 3. The van der Waals surface area contributed by atoms with Gasteiger partial charge >= 0.3 is 6.18 Å². The number of nitrogens with one attached hydrogen (secondary N) is 1. The Kier molecular flexibility index (Phi) is 4.11. The zero-order valence-corrected chi connectivity index (χ0v) is 11.7. The van der Waals surface area contributed by atoms with Gasteiger partial charge in [-0.2, -0.15) is 17.9 Å². The Labute approximate surface area is 119 Å². The zero-order valence-electron chi connectivity index (χ0n) is 10.9. The molecule has 1 aromatic heterocycles. The summed E-state index contributed by atoms with van der Waals surface area (Å²) in [5.74, 6) is -0.516. The average molecular weight is 319 g/mol. The van der Waals surface area contributed by atoms with Crippen molar-refractivity contribution in [3.8, 4) is 0 Å². The highest BCUT2D eigenvalue weighted by atomic mass is 32.2. The summed E-state index contributed by atoms with van der Waals surface area (Å²) in [5, 5.41) is 0. The lowest BCUT2D eigenvalue weighted by atomic mass is 10.2. The fraction of sp³-hybridized carbons (Fsp3) is 0.231. The van der Waals surface area contributed by atoms with Crippen molar-refractivity contribution >= 4 is 10.0 Å². The SMILES string of the molecule is Cc1ccc(S(=O)(=O)N[C@@H](c2ccco2)C(F)(F)F)cc1. The average Bonchev–Trinajstić information content (AvgIpc) is 2.88. The second-order valence-electron chi connectivity index (χ2n) is 4.42. The van der Waals surface area contributed by atoms with Crippen LogP contribution in [0.2, 0.25) is 0 Å². The van der Waals surface area contributed by atoms with Gasteiger partial charge in [0.05, 0.1) is 11.2 Å². The lowest BCUT2D eigenvalue weighted by molar-refractivity contribution is -0.156. The van der Waals surface area contributed by atoms with Crippen molar-refractivity contribution in [1.29, 1.82) is 0 Å². The van der Waals surface area contributed by atoms with Gasteiger partial charge in [-0.1, -0.05) is 17.7 Å². The lowest BCUT2D eigenvalue weighted by Crippen LogP contribution is -2.37. The molecule has 0 spiro atoms. The smallest absolute Gasteiger partial charge is 0.411 e. The fourth-order valence-corrected chi connectivity index (χ4v) is 2.87. The Morgan fingerprint density at radius 1 is 1.14 bits per heavy atom. The van der Waals surface area contributed by atoms with E-state index < -0.39 is 28.0 Å². The van der Waals surface area contributed by atoms with Crippen LogP contribution in [-0.4, -0.2) is 14.6 Å². The van der Waals surface area contributed by atoms with E-state index in [1.54, 1.807) is 11.6 Å². The maximum atomic E-state index is 13.0. The Bertz CT molecular complexity index is 691. The van der Waals surface area contributed by atoms with Gasteiger partial charge in [-0.15, -0.1) is 0 Å². The highest BCUT2D eigenvalue weighted by Crippen LogP contribution is 2.34. The molecule has 0 saturated heterocycles. The lowest BCUT2D eigenvalue weighted by Gasteiger charge is -2.19. The first-order valence-electron chi connectivity index (χ1n) is 5.89. The van der Waals surface area contributed by atoms with Gasteiger partial charge in [0.15, 0.2) is 6.04 Å². The molecule has 0 saturated carbocycles. The summed E-state index contributed by atoms with van der Waals surface area (Å²) in [4.78, 5) is -0.242. The summed E-state index contributed by atoms with van der Waals surface area (Å²) in [6, 6.07) is 5.39.